The lowest BCUT2D eigenvalue weighted by atomic mass is 10.2. The van der Waals surface area contributed by atoms with Gasteiger partial charge in [-0.05, 0) is 6.42 Å². The third-order valence-corrected chi connectivity index (χ3v) is 3.09. The molecule has 76 valence electrons. The Labute approximate surface area is 77.3 Å². The fourth-order valence-electron chi connectivity index (χ4n) is 1.39. The van der Waals surface area contributed by atoms with Crippen LogP contribution in [-0.2, 0) is 15.0 Å². The number of piperazine rings is 1. The molecule has 6 nitrogen and oxygen atoms in total. The maximum Gasteiger partial charge on any atom is 0.277 e. The van der Waals surface area contributed by atoms with Gasteiger partial charge in [0.1, 0.15) is 6.04 Å². The van der Waals surface area contributed by atoms with E-state index in [9.17, 15) is 13.2 Å². The summed E-state index contributed by atoms with van der Waals surface area (Å²) in [6.07, 6.45) is 0.433. The van der Waals surface area contributed by atoms with Crippen LogP contribution < -0.4 is 10.5 Å². The summed E-state index contributed by atoms with van der Waals surface area (Å²) >= 11 is 0. The molecule has 1 heterocycles. The summed E-state index contributed by atoms with van der Waals surface area (Å²) in [7, 11) is -3.75. The van der Waals surface area contributed by atoms with Gasteiger partial charge in [-0.15, -0.1) is 0 Å². The van der Waals surface area contributed by atoms with Crippen LogP contribution in [0.4, 0.5) is 0 Å². The summed E-state index contributed by atoms with van der Waals surface area (Å²) in [5.74, 6) is -0.275. The van der Waals surface area contributed by atoms with E-state index in [4.69, 9.17) is 5.14 Å². The average Bonchev–Trinajstić information content (AvgIpc) is 2.02. The van der Waals surface area contributed by atoms with Crippen molar-refractivity contribution in [1.29, 1.82) is 0 Å². The van der Waals surface area contributed by atoms with E-state index in [0.717, 1.165) is 4.31 Å². The van der Waals surface area contributed by atoms with Crippen LogP contribution in [0.3, 0.4) is 0 Å². The van der Waals surface area contributed by atoms with Gasteiger partial charge in [0.05, 0.1) is 0 Å². The molecule has 0 aromatic rings. The minimum atomic E-state index is -3.75. The summed E-state index contributed by atoms with van der Waals surface area (Å²) in [6, 6.07) is -0.649. The molecule has 0 radical (unpaired) electrons. The lowest BCUT2D eigenvalue weighted by molar-refractivity contribution is -0.126. The van der Waals surface area contributed by atoms with Crippen LogP contribution in [0.2, 0.25) is 0 Å². The van der Waals surface area contributed by atoms with Gasteiger partial charge in [-0.1, -0.05) is 6.92 Å². The molecule has 0 saturated carbocycles. The number of hydrogen-bond donors (Lipinski definition) is 2. The fraction of sp³-hybridized carbons (Fsp3) is 0.833. The number of hydrogen-bond acceptors (Lipinski definition) is 3. The highest BCUT2D eigenvalue weighted by molar-refractivity contribution is 7.86. The van der Waals surface area contributed by atoms with Crippen LogP contribution in [0, 0.1) is 0 Å². The number of rotatable bonds is 2. The summed E-state index contributed by atoms with van der Waals surface area (Å²) in [5.41, 5.74) is 0. The predicted molar refractivity (Wildman–Crippen MR) is 46.9 cm³/mol. The number of nitrogens with two attached hydrogens (primary N) is 1. The van der Waals surface area contributed by atoms with Gasteiger partial charge < -0.3 is 5.32 Å². The molecule has 1 fully saturated rings. The third kappa shape index (κ3) is 2.17. The van der Waals surface area contributed by atoms with E-state index in [1.807, 2.05) is 0 Å². The molecular weight excluding hydrogens is 194 g/mol. The molecular formula is C6H13N3O3S. The molecule has 1 saturated heterocycles. The Morgan fingerprint density at radius 1 is 1.69 bits per heavy atom. The van der Waals surface area contributed by atoms with Crippen LogP contribution in [0.5, 0.6) is 0 Å². The molecule has 3 N–H and O–H groups in total. The number of nitrogens with zero attached hydrogens (tertiary/aromatic N) is 1. The predicted octanol–water partition coefficient (Wildman–Crippen LogP) is -1.60. The van der Waals surface area contributed by atoms with E-state index in [0.29, 0.717) is 13.0 Å². The number of nitrogens with one attached hydrogen (secondary N) is 1. The fourth-order valence-corrected chi connectivity index (χ4v) is 2.33. The SMILES string of the molecule is CCC1C(=O)NCCN1S(N)(=O)=O. The van der Waals surface area contributed by atoms with E-state index in [1.165, 1.54) is 0 Å². The number of carbonyl (C=O) groups excluding carboxylic acids is 1. The lowest BCUT2D eigenvalue weighted by Crippen LogP contribution is -2.58. The standard InChI is InChI=1S/C6H13N3O3S/c1-2-5-6(10)8-3-4-9(5)13(7,11)12/h5H,2-4H2,1H3,(H,8,10)(H2,7,11,12). The smallest absolute Gasteiger partial charge is 0.277 e. The largest absolute Gasteiger partial charge is 0.353 e. The van der Waals surface area contributed by atoms with E-state index >= 15 is 0 Å². The first-order valence-corrected chi connectivity index (χ1v) is 5.54. The first-order chi connectivity index (χ1) is 5.96. The van der Waals surface area contributed by atoms with E-state index in [-0.39, 0.29) is 12.5 Å². The molecule has 1 atom stereocenters. The Morgan fingerprint density at radius 2 is 2.31 bits per heavy atom. The average molecular weight is 207 g/mol. The van der Waals surface area contributed by atoms with Gasteiger partial charge in [0, 0.05) is 13.1 Å². The molecule has 1 rings (SSSR count). The van der Waals surface area contributed by atoms with Crippen molar-refractivity contribution in [1.82, 2.24) is 9.62 Å². The molecule has 13 heavy (non-hydrogen) atoms. The Kier molecular flexibility index (Phi) is 2.89. The molecule has 1 aliphatic heterocycles. The van der Waals surface area contributed by atoms with Crippen molar-refractivity contribution in [3.05, 3.63) is 0 Å². The van der Waals surface area contributed by atoms with Crippen molar-refractivity contribution in [3.8, 4) is 0 Å². The van der Waals surface area contributed by atoms with Crippen molar-refractivity contribution in [3.63, 3.8) is 0 Å². The maximum absolute atomic E-state index is 11.2. The van der Waals surface area contributed by atoms with Gasteiger partial charge in [0.2, 0.25) is 5.91 Å². The zero-order chi connectivity index (χ0) is 10.1. The molecule has 1 aliphatic rings. The van der Waals surface area contributed by atoms with E-state index in [2.05, 4.69) is 5.32 Å². The molecule has 0 bridgehead atoms. The highest BCUT2D eigenvalue weighted by Gasteiger charge is 2.34. The first kappa shape index (κ1) is 10.4. The van der Waals surface area contributed by atoms with Crippen molar-refractivity contribution in [2.24, 2.45) is 5.14 Å². The van der Waals surface area contributed by atoms with Gasteiger partial charge in [-0.3, -0.25) is 4.79 Å². The van der Waals surface area contributed by atoms with Gasteiger partial charge in [0.15, 0.2) is 0 Å². The second kappa shape index (κ2) is 3.60. The normalized spacial score (nSPS) is 25.7. The monoisotopic (exact) mass is 207 g/mol. The van der Waals surface area contributed by atoms with Crippen LogP contribution >= 0.6 is 0 Å². The number of amides is 1. The van der Waals surface area contributed by atoms with Crippen molar-refractivity contribution in [2.75, 3.05) is 13.1 Å². The zero-order valence-corrected chi connectivity index (χ0v) is 8.17. The van der Waals surface area contributed by atoms with Crippen molar-refractivity contribution in [2.45, 2.75) is 19.4 Å². The third-order valence-electron chi connectivity index (χ3n) is 2.00. The minimum absolute atomic E-state index is 0.253. The highest BCUT2D eigenvalue weighted by atomic mass is 32.2. The topological polar surface area (TPSA) is 92.5 Å². The second-order valence-electron chi connectivity index (χ2n) is 2.87. The van der Waals surface area contributed by atoms with Crippen LogP contribution in [0.1, 0.15) is 13.3 Å². The van der Waals surface area contributed by atoms with E-state index in [1.54, 1.807) is 6.92 Å². The van der Waals surface area contributed by atoms with Gasteiger partial charge in [-0.2, -0.15) is 12.7 Å². The number of carbonyl (C=O) groups is 1. The quantitative estimate of drug-likeness (QED) is 0.571. The second-order valence-corrected chi connectivity index (χ2v) is 4.37. The first-order valence-electron chi connectivity index (χ1n) is 4.04. The lowest BCUT2D eigenvalue weighted by Gasteiger charge is -2.31. The molecule has 7 heteroatoms. The Hall–Kier alpha value is -0.660. The summed E-state index contributed by atoms with van der Waals surface area (Å²) in [4.78, 5) is 11.2. The Balaban J connectivity index is 2.89. The van der Waals surface area contributed by atoms with Gasteiger partial charge in [0.25, 0.3) is 10.2 Å². The summed E-state index contributed by atoms with van der Waals surface area (Å²) < 4.78 is 23.1. The molecule has 0 aromatic heterocycles. The summed E-state index contributed by atoms with van der Waals surface area (Å²) in [5, 5.41) is 7.54. The van der Waals surface area contributed by atoms with Crippen LogP contribution in [0.15, 0.2) is 0 Å². The summed E-state index contributed by atoms with van der Waals surface area (Å²) in [6.45, 7) is 2.32. The highest BCUT2D eigenvalue weighted by Crippen LogP contribution is 2.10. The minimum Gasteiger partial charge on any atom is -0.353 e. The van der Waals surface area contributed by atoms with Crippen LogP contribution in [-0.4, -0.2) is 37.8 Å². The van der Waals surface area contributed by atoms with Gasteiger partial charge in [-0.25, -0.2) is 5.14 Å². The molecule has 1 unspecified atom stereocenters. The molecule has 0 aromatic carbocycles. The van der Waals surface area contributed by atoms with Crippen LogP contribution in [0.25, 0.3) is 0 Å². The molecule has 0 spiro atoms. The van der Waals surface area contributed by atoms with Gasteiger partial charge >= 0.3 is 0 Å². The molecule has 1 amide bonds. The van der Waals surface area contributed by atoms with Crippen molar-refractivity contribution >= 4 is 16.1 Å². The maximum atomic E-state index is 11.2. The van der Waals surface area contributed by atoms with Crippen molar-refractivity contribution < 1.29 is 13.2 Å². The molecule has 0 aliphatic carbocycles. The zero-order valence-electron chi connectivity index (χ0n) is 7.36. The van der Waals surface area contributed by atoms with E-state index < -0.39 is 16.3 Å². The Morgan fingerprint density at radius 3 is 2.69 bits per heavy atom. The Bertz CT molecular complexity index is 300.